The van der Waals surface area contributed by atoms with Crippen molar-refractivity contribution in [2.24, 2.45) is 5.92 Å². The van der Waals surface area contributed by atoms with E-state index in [0.717, 1.165) is 32.2 Å². The van der Waals surface area contributed by atoms with Gasteiger partial charge in [-0.05, 0) is 68.7 Å². The van der Waals surface area contributed by atoms with E-state index in [9.17, 15) is 14.3 Å². The molecule has 0 radical (unpaired) electrons. The zero-order valence-electron chi connectivity index (χ0n) is 23.7. The third kappa shape index (κ3) is 4.27. The molecule has 5 heterocycles. The van der Waals surface area contributed by atoms with E-state index >= 15 is 4.39 Å². The van der Waals surface area contributed by atoms with Gasteiger partial charge in [-0.2, -0.15) is 9.97 Å². The number of anilines is 1. The Hall–Kier alpha value is -3.83. The summed E-state index contributed by atoms with van der Waals surface area (Å²) in [6.07, 6.45) is 3.24. The summed E-state index contributed by atoms with van der Waals surface area (Å²) in [5.41, 5.74) is -0.100. The smallest absolute Gasteiger partial charge is 0.349 e. The van der Waals surface area contributed by atoms with Gasteiger partial charge in [0.2, 0.25) is 0 Å². The Morgan fingerprint density at radius 2 is 2.14 bits per heavy atom. The molecule has 0 spiro atoms. The van der Waals surface area contributed by atoms with Gasteiger partial charge in [0, 0.05) is 36.1 Å². The van der Waals surface area contributed by atoms with Crippen LogP contribution in [0.3, 0.4) is 0 Å². The minimum Gasteiger partial charge on any atom is -0.508 e. The van der Waals surface area contributed by atoms with Crippen LogP contribution in [0.15, 0.2) is 39.5 Å². The molecule has 11 heteroatoms. The summed E-state index contributed by atoms with van der Waals surface area (Å²) in [4.78, 5) is 25.1. The SMILES string of the molecule is Cc1c(-c2cc(O)cc3cccc(F)c23)oc(=O)c2c(NC3CC4CCOC43)nc(OC[C@@]34CCCN3C[C@H](F)C4)nc12. The first-order valence-electron chi connectivity index (χ1n) is 15.0. The summed E-state index contributed by atoms with van der Waals surface area (Å²) < 4.78 is 47.5. The maximum atomic E-state index is 15.1. The highest BCUT2D eigenvalue weighted by molar-refractivity contribution is 6.00. The molecule has 3 unspecified atom stereocenters. The largest absolute Gasteiger partial charge is 0.508 e. The summed E-state index contributed by atoms with van der Waals surface area (Å²) in [7, 11) is 0. The summed E-state index contributed by atoms with van der Waals surface area (Å²) in [6.45, 7) is 3.90. The Morgan fingerprint density at radius 1 is 1.26 bits per heavy atom. The molecule has 1 aliphatic carbocycles. The van der Waals surface area contributed by atoms with Crippen molar-refractivity contribution in [2.45, 2.75) is 62.9 Å². The quantitative estimate of drug-likeness (QED) is 0.317. The first-order valence-corrected chi connectivity index (χ1v) is 15.0. The molecule has 2 aromatic heterocycles. The lowest BCUT2D eigenvalue weighted by atomic mass is 9.77. The predicted octanol–water partition coefficient (Wildman–Crippen LogP) is 5.10. The summed E-state index contributed by atoms with van der Waals surface area (Å²) in [6, 6.07) is 7.43. The van der Waals surface area contributed by atoms with Crippen LogP contribution in [0.5, 0.6) is 11.8 Å². The second kappa shape index (κ2) is 9.85. The molecular formula is C32H32F2N4O5. The molecule has 224 valence electrons. The molecule has 4 fully saturated rings. The van der Waals surface area contributed by atoms with E-state index in [0.29, 0.717) is 42.0 Å². The van der Waals surface area contributed by atoms with Crippen LogP contribution in [0.2, 0.25) is 0 Å². The van der Waals surface area contributed by atoms with E-state index in [1.165, 1.54) is 18.2 Å². The van der Waals surface area contributed by atoms with Gasteiger partial charge in [0.25, 0.3) is 0 Å². The number of aromatic nitrogens is 2. The molecule has 9 nitrogen and oxygen atoms in total. The van der Waals surface area contributed by atoms with E-state index in [1.54, 1.807) is 19.1 Å². The number of benzene rings is 2. The highest BCUT2D eigenvalue weighted by Gasteiger charge is 2.49. The van der Waals surface area contributed by atoms with Gasteiger partial charge < -0.3 is 24.3 Å². The van der Waals surface area contributed by atoms with Gasteiger partial charge in [0.15, 0.2) is 0 Å². The van der Waals surface area contributed by atoms with Gasteiger partial charge in [-0.15, -0.1) is 0 Å². The Kier molecular flexibility index (Phi) is 6.13. The molecule has 5 atom stereocenters. The highest BCUT2D eigenvalue weighted by Crippen LogP contribution is 2.43. The van der Waals surface area contributed by atoms with E-state index < -0.39 is 23.2 Å². The number of rotatable bonds is 6. The normalized spacial score (nSPS) is 28.3. The minimum atomic E-state index is -0.899. The fraction of sp³-hybridized carbons (Fsp3) is 0.469. The Morgan fingerprint density at radius 3 is 3.00 bits per heavy atom. The molecule has 3 aliphatic heterocycles. The number of ether oxygens (including phenoxy) is 2. The standard InChI is InChI=1S/C32H32F2N4O5/c1-16-26-25(30(40)43-27(16)21-12-20(39)10-17-4-2-5-22(34)24(17)21)29(35-23-11-18-6-9-41-28(18)23)37-31(36-26)42-15-32-7-3-8-38(32)14-19(33)13-32/h2,4-5,10,12,18-19,23,28,39H,3,6-9,11,13-15H2,1H3,(H,35,36,37)/t18?,19-,23?,28?,32+/m1/s1. The Balaban J connectivity index is 1.26. The maximum Gasteiger partial charge on any atom is 0.349 e. The summed E-state index contributed by atoms with van der Waals surface area (Å²) in [5, 5.41) is 14.7. The van der Waals surface area contributed by atoms with Crippen molar-refractivity contribution in [1.82, 2.24) is 14.9 Å². The molecule has 43 heavy (non-hydrogen) atoms. The summed E-state index contributed by atoms with van der Waals surface area (Å²) >= 11 is 0. The van der Waals surface area contributed by atoms with Crippen molar-refractivity contribution in [3.8, 4) is 23.1 Å². The lowest BCUT2D eigenvalue weighted by Gasteiger charge is -2.39. The number of fused-ring (bicyclic) bond motifs is 4. The monoisotopic (exact) mass is 590 g/mol. The van der Waals surface area contributed by atoms with Crippen LogP contribution >= 0.6 is 0 Å². The number of hydrogen-bond acceptors (Lipinski definition) is 9. The molecule has 0 amide bonds. The number of hydrogen-bond donors (Lipinski definition) is 2. The van der Waals surface area contributed by atoms with E-state index in [1.807, 2.05) is 0 Å². The number of aryl methyl sites for hydroxylation is 1. The molecule has 4 aromatic rings. The fourth-order valence-corrected chi connectivity index (χ4v) is 7.79. The summed E-state index contributed by atoms with van der Waals surface area (Å²) in [5.74, 6) is 0.248. The first-order chi connectivity index (χ1) is 20.8. The van der Waals surface area contributed by atoms with Crippen molar-refractivity contribution >= 4 is 27.5 Å². The van der Waals surface area contributed by atoms with Crippen LogP contribution in [0, 0.1) is 18.7 Å². The molecular weight excluding hydrogens is 558 g/mol. The number of nitrogens with one attached hydrogen (secondary N) is 1. The van der Waals surface area contributed by atoms with E-state index in [2.05, 4.69) is 20.2 Å². The van der Waals surface area contributed by atoms with Crippen LogP contribution < -0.4 is 15.7 Å². The number of phenolic OH excluding ortho intramolecular Hbond substituents is 1. The third-order valence-electron chi connectivity index (χ3n) is 9.91. The molecule has 8 rings (SSSR count). The van der Waals surface area contributed by atoms with E-state index in [4.69, 9.17) is 13.9 Å². The van der Waals surface area contributed by atoms with Crippen LogP contribution in [0.4, 0.5) is 14.6 Å². The number of nitrogens with zero attached hydrogens (tertiary/aromatic N) is 3. The number of halogens is 2. The number of alkyl halides is 1. The average Bonchev–Trinajstić information content (AvgIpc) is 3.63. The topological polar surface area (TPSA) is 110 Å². The van der Waals surface area contributed by atoms with Crippen molar-refractivity contribution in [3.05, 3.63) is 52.1 Å². The highest BCUT2D eigenvalue weighted by atomic mass is 19.1. The second-order valence-electron chi connectivity index (χ2n) is 12.5. The van der Waals surface area contributed by atoms with Gasteiger partial charge in [-0.3, -0.25) is 4.90 Å². The van der Waals surface area contributed by atoms with Crippen LogP contribution in [-0.4, -0.2) is 70.1 Å². The van der Waals surface area contributed by atoms with Crippen LogP contribution in [-0.2, 0) is 4.74 Å². The molecule has 2 N–H and O–H groups in total. The van der Waals surface area contributed by atoms with Gasteiger partial charge in [0.05, 0.1) is 23.2 Å². The zero-order valence-corrected chi connectivity index (χ0v) is 23.7. The Bertz CT molecular complexity index is 1830. The van der Waals surface area contributed by atoms with Crippen molar-refractivity contribution < 1.29 is 27.8 Å². The van der Waals surface area contributed by atoms with Crippen molar-refractivity contribution in [3.63, 3.8) is 0 Å². The van der Waals surface area contributed by atoms with Gasteiger partial charge in [-0.25, -0.2) is 13.6 Å². The molecule has 2 aromatic carbocycles. The molecule has 4 aliphatic rings. The van der Waals surface area contributed by atoms with Gasteiger partial charge in [-0.1, -0.05) is 12.1 Å². The molecule has 0 bridgehead atoms. The van der Waals surface area contributed by atoms with E-state index in [-0.39, 0.29) is 58.4 Å². The van der Waals surface area contributed by atoms with Crippen molar-refractivity contribution in [1.29, 1.82) is 0 Å². The predicted molar refractivity (Wildman–Crippen MR) is 156 cm³/mol. The zero-order chi connectivity index (χ0) is 29.5. The Labute approximate surface area is 245 Å². The minimum absolute atomic E-state index is 0.0343. The number of aromatic hydroxyl groups is 1. The maximum absolute atomic E-state index is 15.1. The average molecular weight is 591 g/mol. The van der Waals surface area contributed by atoms with Crippen molar-refractivity contribution in [2.75, 3.05) is 31.6 Å². The van der Waals surface area contributed by atoms with Crippen LogP contribution in [0.1, 0.15) is 37.7 Å². The van der Waals surface area contributed by atoms with Crippen LogP contribution in [0.25, 0.3) is 33.0 Å². The lowest BCUT2D eigenvalue weighted by Crippen LogP contribution is -2.49. The third-order valence-corrected chi connectivity index (χ3v) is 9.91. The number of phenols is 1. The fourth-order valence-electron chi connectivity index (χ4n) is 7.79. The lowest BCUT2D eigenvalue weighted by molar-refractivity contribution is 0.0208. The second-order valence-corrected chi connectivity index (χ2v) is 12.5. The first kappa shape index (κ1) is 26.8. The van der Waals surface area contributed by atoms with Gasteiger partial charge >= 0.3 is 11.6 Å². The molecule has 1 saturated carbocycles. The molecule has 3 saturated heterocycles. The van der Waals surface area contributed by atoms with Gasteiger partial charge in [0.1, 0.15) is 41.3 Å².